The molecule has 0 aromatic rings. The molecule has 0 atom stereocenters. The van der Waals surface area contributed by atoms with Gasteiger partial charge in [-0.3, -0.25) is 4.79 Å². The zero-order valence-electron chi connectivity index (χ0n) is 5.59. The number of carboxylic acid groups (broad SMARTS) is 1. The molecule has 0 amide bonds. The Bertz CT molecular complexity index is 164. The van der Waals surface area contributed by atoms with Crippen molar-refractivity contribution in [3.05, 3.63) is 11.9 Å². The van der Waals surface area contributed by atoms with Gasteiger partial charge in [0.2, 0.25) is 0 Å². The van der Waals surface area contributed by atoms with Gasteiger partial charge in [-0.1, -0.05) is 0 Å². The van der Waals surface area contributed by atoms with Crippen LogP contribution in [0.5, 0.6) is 0 Å². The first-order valence-corrected chi connectivity index (χ1v) is 2.66. The Labute approximate surface area is 58.3 Å². The average molecular weight is 143 g/mol. The SMILES string of the molecule is C/C(=C/NCC(=O)O)N=N. The topological polar surface area (TPSA) is 85.5 Å². The summed E-state index contributed by atoms with van der Waals surface area (Å²) in [5, 5.41) is 13.6. The number of aliphatic carboxylic acids is 1. The van der Waals surface area contributed by atoms with E-state index in [4.69, 9.17) is 10.6 Å². The standard InChI is InChI=1S/C5H9N3O2/c1-4(8-6)2-7-3-5(9)10/h2,6-7H,3H2,1H3,(H,9,10)/b4-2-,8-6?. The van der Waals surface area contributed by atoms with Crippen molar-refractivity contribution in [3.63, 3.8) is 0 Å². The molecule has 0 aromatic carbocycles. The average Bonchev–Trinajstić information content (AvgIpc) is 1.87. The molecule has 0 fully saturated rings. The fourth-order valence-electron chi connectivity index (χ4n) is 0.318. The molecule has 5 nitrogen and oxygen atoms in total. The molecule has 0 aliphatic heterocycles. The lowest BCUT2D eigenvalue weighted by Crippen LogP contribution is -2.16. The minimum absolute atomic E-state index is 0.146. The van der Waals surface area contributed by atoms with E-state index in [1.165, 1.54) is 6.20 Å². The van der Waals surface area contributed by atoms with Gasteiger partial charge in [-0.15, -0.1) is 0 Å². The highest BCUT2D eigenvalue weighted by Gasteiger charge is 1.90. The normalized spacial score (nSPS) is 10.7. The molecule has 0 aliphatic carbocycles. The second-order valence-corrected chi connectivity index (χ2v) is 1.67. The third-order valence-corrected chi connectivity index (χ3v) is 0.741. The second kappa shape index (κ2) is 4.49. The van der Waals surface area contributed by atoms with Crippen LogP contribution in [0, 0.1) is 5.53 Å². The predicted octanol–water partition coefficient (Wildman–Crippen LogP) is 0.553. The quantitative estimate of drug-likeness (QED) is 0.502. The highest BCUT2D eigenvalue weighted by atomic mass is 16.4. The summed E-state index contributed by atoms with van der Waals surface area (Å²) in [6.45, 7) is 1.45. The van der Waals surface area contributed by atoms with Gasteiger partial charge in [0.1, 0.15) is 6.54 Å². The van der Waals surface area contributed by atoms with E-state index >= 15 is 0 Å². The molecule has 0 aliphatic rings. The molecule has 0 unspecified atom stereocenters. The smallest absolute Gasteiger partial charge is 0.322 e. The highest BCUT2D eigenvalue weighted by Crippen LogP contribution is 1.87. The molecule has 10 heavy (non-hydrogen) atoms. The van der Waals surface area contributed by atoms with Crippen molar-refractivity contribution in [1.82, 2.24) is 5.32 Å². The minimum Gasteiger partial charge on any atom is -0.480 e. The molecule has 0 spiro atoms. The van der Waals surface area contributed by atoms with E-state index in [1.807, 2.05) is 0 Å². The number of nitrogens with one attached hydrogen (secondary N) is 2. The van der Waals surface area contributed by atoms with Gasteiger partial charge in [-0.2, -0.15) is 5.11 Å². The number of carboxylic acids is 1. The molecule has 3 N–H and O–H groups in total. The lowest BCUT2D eigenvalue weighted by Gasteiger charge is -1.93. The third-order valence-electron chi connectivity index (χ3n) is 0.741. The third kappa shape index (κ3) is 4.76. The van der Waals surface area contributed by atoms with E-state index in [9.17, 15) is 4.79 Å². The number of allylic oxidation sites excluding steroid dienone is 1. The van der Waals surface area contributed by atoms with Crippen molar-refractivity contribution in [2.45, 2.75) is 6.92 Å². The van der Waals surface area contributed by atoms with E-state index < -0.39 is 5.97 Å². The maximum Gasteiger partial charge on any atom is 0.322 e. The van der Waals surface area contributed by atoms with E-state index in [0.717, 1.165) is 0 Å². The monoisotopic (exact) mass is 143 g/mol. The van der Waals surface area contributed by atoms with Gasteiger partial charge in [0, 0.05) is 6.20 Å². The van der Waals surface area contributed by atoms with Gasteiger partial charge >= 0.3 is 5.97 Å². The minimum atomic E-state index is -0.936. The van der Waals surface area contributed by atoms with Crippen LogP contribution in [0.25, 0.3) is 0 Å². The van der Waals surface area contributed by atoms with Gasteiger partial charge in [0.15, 0.2) is 0 Å². The van der Waals surface area contributed by atoms with Crippen molar-refractivity contribution >= 4 is 5.97 Å². The van der Waals surface area contributed by atoms with Crippen LogP contribution in [0.2, 0.25) is 0 Å². The number of hydrogen-bond acceptors (Lipinski definition) is 4. The maximum absolute atomic E-state index is 9.90. The zero-order chi connectivity index (χ0) is 7.98. The van der Waals surface area contributed by atoms with Crippen LogP contribution in [-0.2, 0) is 4.79 Å². The fraction of sp³-hybridized carbons (Fsp3) is 0.400. The summed E-state index contributed by atoms with van der Waals surface area (Å²) >= 11 is 0. The molecule has 0 aromatic heterocycles. The van der Waals surface area contributed by atoms with Gasteiger partial charge in [0.05, 0.1) is 5.70 Å². The van der Waals surface area contributed by atoms with Crippen molar-refractivity contribution in [3.8, 4) is 0 Å². The largest absolute Gasteiger partial charge is 0.480 e. The predicted molar refractivity (Wildman–Crippen MR) is 34.5 cm³/mol. The number of hydrogen-bond donors (Lipinski definition) is 3. The summed E-state index contributed by atoms with van der Waals surface area (Å²) in [7, 11) is 0. The molecular weight excluding hydrogens is 134 g/mol. The molecule has 0 heterocycles. The first-order valence-electron chi connectivity index (χ1n) is 2.66. The lowest BCUT2D eigenvalue weighted by molar-refractivity contribution is -0.135. The molecule has 56 valence electrons. The van der Waals surface area contributed by atoms with Crippen LogP contribution < -0.4 is 5.32 Å². The van der Waals surface area contributed by atoms with Crippen LogP contribution in [0.3, 0.4) is 0 Å². The van der Waals surface area contributed by atoms with E-state index in [2.05, 4.69) is 10.4 Å². The number of rotatable bonds is 4. The van der Waals surface area contributed by atoms with Crippen LogP contribution in [-0.4, -0.2) is 17.6 Å². The Morgan fingerprint density at radius 3 is 2.90 bits per heavy atom. The van der Waals surface area contributed by atoms with Gasteiger partial charge in [-0.05, 0) is 6.92 Å². The Balaban J connectivity index is 3.52. The molecular formula is C5H9N3O2. The molecule has 0 saturated carbocycles. The molecule has 5 heteroatoms. The number of carbonyl (C=O) groups is 1. The Morgan fingerprint density at radius 1 is 1.90 bits per heavy atom. The Morgan fingerprint density at radius 2 is 2.50 bits per heavy atom. The fourth-order valence-corrected chi connectivity index (χ4v) is 0.318. The zero-order valence-corrected chi connectivity index (χ0v) is 5.59. The molecule has 0 bridgehead atoms. The van der Waals surface area contributed by atoms with Crippen LogP contribution in [0.1, 0.15) is 6.92 Å². The maximum atomic E-state index is 9.90. The summed E-state index contributed by atoms with van der Waals surface area (Å²) in [6, 6.07) is 0. The number of nitrogens with zero attached hydrogens (tertiary/aromatic N) is 1. The van der Waals surface area contributed by atoms with Crippen LogP contribution in [0.4, 0.5) is 0 Å². The van der Waals surface area contributed by atoms with Crippen molar-refractivity contribution in [2.75, 3.05) is 6.54 Å². The Hall–Kier alpha value is -1.39. The summed E-state index contributed by atoms with van der Waals surface area (Å²) in [5.74, 6) is -0.936. The van der Waals surface area contributed by atoms with Crippen LogP contribution in [0.15, 0.2) is 17.0 Å². The van der Waals surface area contributed by atoms with Crippen molar-refractivity contribution < 1.29 is 9.90 Å². The first kappa shape index (κ1) is 8.61. The summed E-state index contributed by atoms with van der Waals surface area (Å²) < 4.78 is 0. The summed E-state index contributed by atoms with van der Waals surface area (Å²) in [5.41, 5.74) is 6.91. The molecule has 0 rings (SSSR count). The van der Waals surface area contributed by atoms with Crippen LogP contribution >= 0.6 is 0 Å². The Kier molecular flexibility index (Phi) is 3.86. The highest BCUT2D eigenvalue weighted by molar-refractivity contribution is 5.69. The molecule has 0 radical (unpaired) electrons. The first-order chi connectivity index (χ1) is 4.66. The lowest BCUT2D eigenvalue weighted by atomic mass is 10.5. The molecule has 0 saturated heterocycles. The van der Waals surface area contributed by atoms with E-state index in [0.29, 0.717) is 5.70 Å². The van der Waals surface area contributed by atoms with Gasteiger partial charge in [-0.25, -0.2) is 5.53 Å². The van der Waals surface area contributed by atoms with E-state index in [1.54, 1.807) is 6.92 Å². The van der Waals surface area contributed by atoms with Crippen molar-refractivity contribution in [2.24, 2.45) is 5.11 Å². The van der Waals surface area contributed by atoms with Crippen molar-refractivity contribution in [1.29, 1.82) is 5.53 Å². The van der Waals surface area contributed by atoms with Gasteiger partial charge in [0.25, 0.3) is 0 Å². The van der Waals surface area contributed by atoms with Gasteiger partial charge < -0.3 is 10.4 Å². The summed E-state index contributed by atoms with van der Waals surface area (Å²) in [6.07, 6.45) is 1.38. The summed E-state index contributed by atoms with van der Waals surface area (Å²) in [4.78, 5) is 9.90. The van der Waals surface area contributed by atoms with E-state index in [-0.39, 0.29) is 6.54 Å². The second-order valence-electron chi connectivity index (χ2n) is 1.67.